The summed E-state index contributed by atoms with van der Waals surface area (Å²) < 4.78 is 9.85. The standard InChI is InChI=1S/C11H10ClNO3/c1-3-16-11(14)9-5-8(12)4-7(6-13)10(9)15-2/h4-5H,3H2,1-2H3. The minimum absolute atomic E-state index is 0.161. The highest BCUT2D eigenvalue weighted by Crippen LogP contribution is 2.28. The van der Waals surface area contributed by atoms with E-state index in [2.05, 4.69) is 0 Å². The van der Waals surface area contributed by atoms with E-state index >= 15 is 0 Å². The van der Waals surface area contributed by atoms with Crippen LogP contribution in [0.2, 0.25) is 5.02 Å². The van der Waals surface area contributed by atoms with E-state index in [9.17, 15) is 4.79 Å². The summed E-state index contributed by atoms with van der Waals surface area (Å²) in [5.41, 5.74) is 0.367. The van der Waals surface area contributed by atoms with Crippen LogP contribution in [0, 0.1) is 11.3 Å². The van der Waals surface area contributed by atoms with Crippen LogP contribution in [0.25, 0.3) is 0 Å². The maximum atomic E-state index is 11.6. The number of rotatable bonds is 3. The zero-order valence-corrected chi connectivity index (χ0v) is 9.67. The molecule has 0 amide bonds. The van der Waals surface area contributed by atoms with Gasteiger partial charge in [0.2, 0.25) is 0 Å². The Morgan fingerprint density at radius 2 is 2.25 bits per heavy atom. The summed E-state index contributed by atoms with van der Waals surface area (Å²) in [6.07, 6.45) is 0. The third-order valence-corrected chi connectivity index (χ3v) is 2.09. The highest BCUT2D eigenvalue weighted by atomic mass is 35.5. The molecule has 0 aliphatic rings. The normalized spacial score (nSPS) is 9.38. The largest absolute Gasteiger partial charge is 0.494 e. The van der Waals surface area contributed by atoms with Gasteiger partial charge in [0.05, 0.1) is 19.3 Å². The first-order valence-corrected chi connectivity index (χ1v) is 4.96. The Bertz CT molecular complexity index is 451. The molecule has 0 fully saturated rings. The van der Waals surface area contributed by atoms with Gasteiger partial charge in [-0.15, -0.1) is 0 Å². The van der Waals surface area contributed by atoms with Crippen LogP contribution < -0.4 is 4.74 Å². The zero-order chi connectivity index (χ0) is 12.1. The van der Waals surface area contributed by atoms with Gasteiger partial charge in [0, 0.05) is 5.02 Å². The minimum Gasteiger partial charge on any atom is -0.494 e. The molecule has 84 valence electrons. The molecule has 0 saturated heterocycles. The van der Waals surface area contributed by atoms with E-state index < -0.39 is 5.97 Å². The van der Waals surface area contributed by atoms with Crippen molar-refractivity contribution in [3.8, 4) is 11.8 Å². The molecule has 0 heterocycles. The van der Waals surface area contributed by atoms with Crippen LogP contribution in [-0.2, 0) is 4.74 Å². The van der Waals surface area contributed by atoms with E-state index in [1.807, 2.05) is 6.07 Å². The van der Waals surface area contributed by atoms with Crippen molar-refractivity contribution in [1.29, 1.82) is 5.26 Å². The van der Waals surface area contributed by atoms with E-state index in [1.54, 1.807) is 6.92 Å². The molecule has 16 heavy (non-hydrogen) atoms. The van der Waals surface area contributed by atoms with Crippen LogP contribution >= 0.6 is 11.6 Å². The quantitative estimate of drug-likeness (QED) is 0.760. The number of benzene rings is 1. The van der Waals surface area contributed by atoms with Crippen LogP contribution in [0.1, 0.15) is 22.8 Å². The van der Waals surface area contributed by atoms with Gasteiger partial charge in [-0.3, -0.25) is 0 Å². The van der Waals surface area contributed by atoms with Gasteiger partial charge in [-0.1, -0.05) is 11.6 Å². The van der Waals surface area contributed by atoms with Gasteiger partial charge >= 0.3 is 5.97 Å². The summed E-state index contributed by atoms with van der Waals surface area (Å²) in [6, 6.07) is 4.76. The Balaban J connectivity index is 3.32. The molecule has 0 bridgehead atoms. The van der Waals surface area contributed by atoms with Crippen LogP contribution in [0.4, 0.5) is 0 Å². The van der Waals surface area contributed by atoms with Gasteiger partial charge < -0.3 is 9.47 Å². The first kappa shape index (κ1) is 12.3. The fourth-order valence-electron chi connectivity index (χ4n) is 1.26. The molecule has 0 aromatic heterocycles. The number of halogens is 1. The van der Waals surface area contributed by atoms with Crippen LogP contribution in [0.15, 0.2) is 12.1 Å². The topological polar surface area (TPSA) is 59.3 Å². The van der Waals surface area contributed by atoms with Gasteiger partial charge in [-0.25, -0.2) is 4.79 Å². The van der Waals surface area contributed by atoms with Crippen molar-refractivity contribution in [2.75, 3.05) is 13.7 Å². The molecule has 0 unspecified atom stereocenters. The Kier molecular flexibility index (Phi) is 4.15. The third kappa shape index (κ3) is 2.44. The molecule has 0 atom stereocenters. The van der Waals surface area contributed by atoms with E-state index in [0.29, 0.717) is 5.02 Å². The Hall–Kier alpha value is -1.73. The minimum atomic E-state index is -0.557. The summed E-state index contributed by atoms with van der Waals surface area (Å²) in [7, 11) is 1.38. The van der Waals surface area contributed by atoms with Gasteiger partial charge in [0.25, 0.3) is 0 Å². The van der Waals surface area contributed by atoms with Crippen molar-refractivity contribution in [3.63, 3.8) is 0 Å². The number of carbonyl (C=O) groups excluding carboxylic acids is 1. The number of esters is 1. The summed E-state index contributed by atoms with van der Waals surface area (Å²) in [5.74, 6) is -0.372. The lowest BCUT2D eigenvalue weighted by Crippen LogP contribution is -2.07. The molecule has 0 N–H and O–H groups in total. The second-order valence-corrected chi connectivity index (χ2v) is 3.30. The summed E-state index contributed by atoms with van der Waals surface area (Å²) in [5, 5.41) is 9.16. The molecule has 5 heteroatoms. The highest BCUT2D eigenvalue weighted by molar-refractivity contribution is 6.31. The van der Waals surface area contributed by atoms with Gasteiger partial charge in [-0.2, -0.15) is 5.26 Å². The zero-order valence-electron chi connectivity index (χ0n) is 8.91. The highest BCUT2D eigenvalue weighted by Gasteiger charge is 2.18. The number of nitriles is 1. The number of ether oxygens (including phenoxy) is 2. The molecule has 0 aliphatic heterocycles. The summed E-state index contributed by atoms with van der Waals surface area (Å²) in [4.78, 5) is 11.6. The fourth-order valence-corrected chi connectivity index (χ4v) is 1.48. The lowest BCUT2D eigenvalue weighted by Gasteiger charge is -2.09. The fraction of sp³-hybridized carbons (Fsp3) is 0.273. The van der Waals surface area contributed by atoms with E-state index in [4.69, 9.17) is 26.3 Å². The molecular weight excluding hydrogens is 230 g/mol. The molecule has 0 aliphatic carbocycles. The van der Waals surface area contributed by atoms with Crippen LogP contribution in [0.5, 0.6) is 5.75 Å². The number of carbonyl (C=O) groups is 1. The van der Waals surface area contributed by atoms with Crippen molar-refractivity contribution in [3.05, 3.63) is 28.3 Å². The molecule has 4 nitrogen and oxygen atoms in total. The molecule has 1 rings (SSSR count). The predicted molar refractivity (Wildman–Crippen MR) is 58.7 cm³/mol. The molecule has 1 aromatic carbocycles. The number of hydrogen-bond acceptors (Lipinski definition) is 4. The number of nitrogens with zero attached hydrogens (tertiary/aromatic N) is 1. The second-order valence-electron chi connectivity index (χ2n) is 2.87. The average molecular weight is 240 g/mol. The predicted octanol–water partition coefficient (Wildman–Crippen LogP) is 2.40. The first-order chi connectivity index (χ1) is 7.63. The number of methoxy groups -OCH3 is 1. The molecular formula is C11H10ClNO3. The van der Waals surface area contributed by atoms with Crippen LogP contribution in [0.3, 0.4) is 0 Å². The smallest absolute Gasteiger partial charge is 0.342 e. The lowest BCUT2D eigenvalue weighted by atomic mass is 10.1. The van der Waals surface area contributed by atoms with Crippen molar-refractivity contribution in [2.24, 2.45) is 0 Å². The Morgan fingerprint density at radius 3 is 2.75 bits per heavy atom. The van der Waals surface area contributed by atoms with E-state index in [0.717, 1.165) is 0 Å². The Labute approximate surface area is 98.3 Å². The number of hydrogen-bond donors (Lipinski definition) is 0. The van der Waals surface area contributed by atoms with E-state index in [-0.39, 0.29) is 23.5 Å². The van der Waals surface area contributed by atoms with Gasteiger partial charge in [0.1, 0.15) is 11.6 Å². The summed E-state index contributed by atoms with van der Waals surface area (Å²) >= 11 is 5.79. The van der Waals surface area contributed by atoms with Crippen molar-refractivity contribution >= 4 is 17.6 Å². The second kappa shape index (κ2) is 5.38. The SMILES string of the molecule is CCOC(=O)c1cc(Cl)cc(C#N)c1OC. The van der Waals surface area contributed by atoms with Crippen molar-refractivity contribution in [2.45, 2.75) is 6.92 Å². The van der Waals surface area contributed by atoms with E-state index in [1.165, 1.54) is 19.2 Å². The maximum Gasteiger partial charge on any atom is 0.342 e. The van der Waals surface area contributed by atoms with Gasteiger partial charge in [0.15, 0.2) is 5.75 Å². The molecule has 0 spiro atoms. The molecule has 1 aromatic rings. The van der Waals surface area contributed by atoms with Crippen molar-refractivity contribution < 1.29 is 14.3 Å². The lowest BCUT2D eigenvalue weighted by molar-refractivity contribution is 0.0522. The summed E-state index contributed by atoms with van der Waals surface area (Å²) in [6.45, 7) is 1.94. The third-order valence-electron chi connectivity index (χ3n) is 1.87. The molecule has 0 saturated carbocycles. The Morgan fingerprint density at radius 1 is 1.56 bits per heavy atom. The average Bonchev–Trinajstić information content (AvgIpc) is 2.28. The van der Waals surface area contributed by atoms with Crippen molar-refractivity contribution in [1.82, 2.24) is 0 Å². The first-order valence-electron chi connectivity index (χ1n) is 4.58. The van der Waals surface area contributed by atoms with Crippen LogP contribution in [-0.4, -0.2) is 19.7 Å². The monoisotopic (exact) mass is 239 g/mol. The maximum absolute atomic E-state index is 11.6. The molecule has 0 radical (unpaired) electrons. The van der Waals surface area contributed by atoms with Gasteiger partial charge in [-0.05, 0) is 19.1 Å².